The van der Waals surface area contributed by atoms with Crippen LogP contribution in [-0.4, -0.2) is 19.0 Å². The third kappa shape index (κ3) is 3.73. The van der Waals surface area contributed by atoms with Crippen LogP contribution < -0.4 is 0 Å². The molecule has 0 radical (unpaired) electrons. The van der Waals surface area contributed by atoms with Crippen molar-refractivity contribution in [3.63, 3.8) is 0 Å². The number of hydrogen-bond donors (Lipinski definition) is 0. The van der Waals surface area contributed by atoms with E-state index in [1.807, 2.05) is 0 Å². The molecule has 0 bridgehead atoms. The Bertz CT molecular complexity index is 234. The molecule has 0 atom stereocenters. The number of methoxy groups -OCH3 is 1. The van der Waals surface area contributed by atoms with Crippen LogP contribution in [0.1, 0.15) is 20.8 Å². The van der Waals surface area contributed by atoms with Crippen molar-refractivity contribution in [3.8, 4) is 0 Å². The molecule has 0 aliphatic rings. The van der Waals surface area contributed by atoms with Crippen molar-refractivity contribution in [1.82, 2.24) is 0 Å². The van der Waals surface area contributed by atoms with Gasteiger partial charge in [0.15, 0.2) is 0 Å². The van der Waals surface area contributed by atoms with Crippen molar-refractivity contribution in [1.29, 1.82) is 0 Å². The van der Waals surface area contributed by atoms with Crippen LogP contribution in [0.15, 0.2) is 12.3 Å². The molecule has 0 rings (SSSR count). The van der Waals surface area contributed by atoms with E-state index in [2.05, 4.69) is 16.1 Å². The monoisotopic (exact) mass is 186 g/mol. The summed E-state index contributed by atoms with van der Waals surface area (Å²) in [6.45, 7) is 8.30. The Hall–Kier alpha value is -1.32. The standard InChI is InChI=1S/C9H14O4/c1-6(7(10)12-5)13-8(11)9(2,3)4/h1H2,2-5H3. The van der Waals surface area contributed by atoms with E-state index in [0.717, 1.165) is 0 Å². The summed E-state index contributed by atoms with van der Waals surface area (Å²) in [4.78, 5) is 22.0. The molecule has 0 unspecified atom stereocenters. The van der Waals surface area contributed by atoms with E-state index in [0.29, 0.717) is 0 Å². The minimum Gasteiger partial charge on any atom is -0.463 e. The lowest BCUT2D eigenvalue weighted by molar-refractivity contribution is -0.155. The van der Waals surface area contributed by atoms with Crippen molar-refractivity contribution < 1.29 is 19.1 Å². The summed E-state index contributed by atoms with van der Waals surface area (Å²) in [5.41, 5.74) is -0.656. The third-order valence-electron chi connectivity index (χ3n) is 1.24. The Morgan fingerprint density at radius 2 is 1.69 bits per heavy atom. The average Bonchev–Trinajstić information content (AvgIpc) is 2.01. The molecule has 4 nitrogen and oxygen atoms in total. The summed E-state index contributed by atoms with van der Waals surface area (Å²) >= 11 is 0. The van der Waals surface area contributed by atoms with Crippen LogP contribution in [0.3, 0.4) is 0 Å². The van der Waals surface area contributed by atoms with Gasteiger partial charge in [0.25, 0.3) is 0 Å². The maximum atomic E-state index is 11.2. The molecule has 0 heterocycles. The Morgan fingerprint density at radius 3 is 2.00 bits per heavy atom. The van der Waals surface area contributed by atoms with Crippen LogP contribution in [0.25, 0.3) is 0 Å². The zero-order chi connectivity index (χ0) is 10.6. The highest BCUT2D eigenvalue weighted by molar-refractivity contribution is 5.89. The minimum atomic E-state index is -0.738. The molecule has 0 aromatic rings. The van der Waals surface area contributed by atoms with Gasteiger partial charge in [0.05, 0.1) is 12.5 Å². The predicted molar refractivity (Wildman–Crippen MR) is 46.7 cm³/mol. The molecule has 0 amide bonds. The SMILES string of the molecule is C=C(OC(=O)C(C)(C)C)C(=O)OC. The fourth-order valence-electron chi connectivity index (χ4n) is 0.420. The zero-order valence-corrected chi connectivity index (χ0v) is 8.34. The summed E-state index contributed by atoms with van der Waals surface area (Å²) in [6.07, 6.45) is 0. The fraction of sp³-hybridized carbons (Fsp3) is 0.556. The lowest BCUT2D eigenvalue weighted by Gasteiger charge is -2.16. The summed E-state index contributed by atoms with van der Waals surface area (Å²) < 4.78 is 8.97. The van der Waals surface area contributed by atoms with Crippen molar-refractivity contribution >= 4 is 11.9 Å². The van der Waals surface area contributed by atoms with Gasteiger partial charge in [-0.05, 0) is 27.4 Å². The number of carbonyl (C=O) groups is 2. The first-order chi connectivity index (χ1) is 5.79. The molecule has 0 aromatic heterocycles. The quantitative estimate of drug-likeness (QED) is 0.370. The molecule has 0 aliphatic heterocycles. The Kier molecular flexibility index (Phi) is 3.66. The second-order valence-electron chi connectivity index (χ2n) is 3.55. The van der Waals surface area contributed by atoms with E-state index in [4.69, 9.17) is 0 Å². The molecular formula is C9H14O4. The molecule has 0 spiro atoms. The zero-order valence-electron chi connectivity index (χ0n) is 8.34. The van der Waals surface area contributed by atoms with Crippen molar-refractivity contribution in [2.45, 2.75) is 20.8 Å². The van der Waals surface area contributed by atoms with E-state index in [1.165, 1.54) is 7.11 Å². The highest BCUT2D eigenvalue weighted by Gasteiger charge is 2.25. The topological polar surface area (TPSA) is 52.6 Å². The Labute approximate surface area is 77.5 Å². The van der Waals surface area contributed by atoms with Crippen LogP contribution in [0.4, 0.5) is 0 Å². The maximum absolute atomic E-state index is 11.2. The summed E-state index contributed by atoms with van der Waals surface area (Å²) in [7, 11) is 1.19. The highest BCUT2D eigenvalue weighted by atomic mass is 16.6. The third-order valence-corrected chi connectivity index (χ3v) is 1.24. The van der Waals surface area contributed by atoms with Gasteiger partial charge >= 0.3 is 11.9 Å². The summed E-state index contributed by atoms with van der Waals surface area (Å²) in [6, 6.07) is 0. The lowest BCUT2D eigenvalue weighted by Crippen LogP contribution is -2.24. The molecule has 0 aliphatic carbocycles. The second kappa shape index (κ2) is 4.07. The molecule has 4 heteroatoms. The number of ether oxygens (including phenoxy) is 2. The predicted octanol–water partition coefficient (Wildman–Crippen LogP) is 1.26. The second-order valence-corrected chi connectivity index (χ2v) is 3.55. The molecule has 0 fully saturated rings. The number of esters is 2. The van der Waals surface area contributed by atoms with Crippen LogP contribution in [-0.2, 0) is 19.1 Å². The van der Waals surface area contributed by atoms with E-state index in [-0.39, 0.29) is 5.76 Å². The van der Waals surface area contributed by atoms with E-state index in [9.17, 15) is 9.59 Å². The summed E-state index contributed by atoms with van der Waals surface area (Å²) in [5.74, 6) is -1.54. The van der Waals surface area contributed by atoms with Crippen molar-refractivity contribution in [2.75, 3.05) is 7.11 Å². The summed E-state index contributed by atoms with van der Waals surface area (Å²) in [5, 5.41) is 0. The molecule has 0 saturated carbocycles. The van der Waals surface area contributed by atoms with Gasteiger partial charge in [-0.1, -0.05) is 0 Å². The van der Waals surface area contributed by atoms with Gasteiger partial charge in [-0.2, -0.15) is 0 Å². The first-order valence-corrected chi connectivity index (χ1v) is 3.78. The van der Waals surface area contributed by atoms with E-state index in [1.54, 1.807) is 20.8 Å². The highest BCUT2D eigenvalue weighted by Crippen LogP contribution is 2.17. The first-order valence-electron chi connectivity index (χ1n) is 3.78. The van der Waals surface area contributed by atoms with Gasteiger partial charge in [-0.25, -0.2) is 4.79 Å². The maximum Gasteiger partial charge on any atom is 0.373 e. The Morgan fingerprint density at radius 1 is 1.23 bits per heavy atom. The van der Waals surface area contributed by atoms with Crippen LogP contribution in [0, 0.1) is 5.41 Å². The van der Waals surface area contributed by atoms with Gasteiger partial charge in [0, 0.05) is 0 Å². The normalized spacial score (nSPS) is 10.5. The van der Waals surface area contributed by atoms with Gasteiger partial charge in [0.2, 0.25) is 5.76 Å². The number of rotatable bonds is 2. The lowest BCUT2D eigenvalue weighted by atomic mass is 9.97. The number of carbonyl (C=O) groups excluding carboxylic acids is 2. The fourth-order valence-corrected chi connectivity index (χ4v) is 0.420. The first kappa shape index (κ1) is 11.7. The molecular weight excluding hydrogens is 172 g/mol. The molecule has 13 heavy (non-hydrogen) atoms. The molecule has 0 N–H and O–H groups in total. The van der Waals surface area contributed by atoms with Crippen molar-refractivity contribution in [3.05, 3.63) is 12.3 Å². The Balaban J connectivity index is 4.24. The molecule has 0 saturated heterocycles. The van der Waals surface area contributed by atoms with Gasteiger partial charge in [0.1, 0.15) is 0 Å². The van der Waals surface area contributed by atoms with Crippen LogP contribution >= 0.6 is 0 Å². The van der Waals surface area contributed by atoms with Crippen LogP contribution in [0.5, 0.6) is 0 Å². The smallest absolute Gasteiger partial charge is 0.373 e. The molecule has 74 valence electrons. The van der Waals surface area contributed by atoms with Gasteiger partial charge in [-0.3, -0.25) is 4.79 Å². The largest absolute Gasteiger partial charge is 0.463 e. The van der Waals surface area contributed by atoms with Gasteiger partial charge in [-0.15, -0.1) is 0 Å². The minimum absolute atomic E-state index is 0.289. The van der Waals surface area contributed by atoms with Gasteiger partial charge < -0.3 is 9.47 Å². The number of hydrogen-bond acceptors (Lipinski definition) is 4. The van der Waals surface area contributed by atoms with Crippen LogP contribution in [0.2, 0.25) is 0 Å². The van der Waals surface area contributed by atoms with Crippen molar-refractivity contribution in [2.24, 2.45) is 5.41 Å². The molecule has 0 aromatic carbocycles. The average molecular weight is 186 g/mol. The van der Waals surface area contributed by atoms with E-state index >= 15 is 0 Å². The van der Waals surface area contributed by atoms with E-state index < -0.39 is 17.4 Å².